The van der Waals surface area contributed by atoms with Gasteiger partial charge in [0.25, 0.3) is 0 Å². The highest BCUT2D eigenvalue weighted by atomic mass is 16.1. The number of amides is 1. The van der Waals surface area contributed by atoms with Crippen molar-refractivity contribution >= 4 is 11.7 Å². The summed E-state index contributed by atoms with van der Waals surface area (Å²) in [5.74, 6) is 0.529. The van der Waals surface area contributed by atoms with Crippen LogP contribution in [0.3, 0.4) is 0 Å². The molecule has 2 aromatic rings. The van der Waals surface area contributed by atoms with Crippen LogP contribution >= 0.6 is 0 Å². The van der Waals surface area contributed by atoms with Crippen LogP contribution in [-0.4, -0.2) is 43.5 Å². The van der Waals surface area contributed by atoms with E-state index in [1.165, 1.54) is 12.6 Å². The normalized spacial score (nSPS) is 18.7. The predicted octanol–water partition coefficient (Wildman–Crippen LogP) is 1.50. The Bertz CT molecular complexity index is 646. The second-order valence-electron chi connectivity index (χ2n) is 5.68. The van der Waals surface area contributed by atoms with Gasteiger partial charge in [0.2, 0.25) is 5.91 Å². The summed E-state index contributed by atoms with van der Waals surface area (Å²) in [6.07, 6.45) is 4.87. The second-order valence-corrected chi connectivity index (χ2v) is 5.68. The molecular weight excluding hydrogens is 280 g/mol. The Morgan fingerprint density at radius 1 is 1.45 bits per heavy atom. The summed E-state index contributed by atoms with van der Waals surface area (Å²) >= 11 is 0. The molecule has 1 aliphatic heterocycles. The summed E-state index contributed by atoms with van der Waals surface area (Å²) in [7, 11) is 0. The van der Waals surface area contributed by atoms with Crippen LogP contribution in [0, 0.1) is 0 Å². The number of carbonyl (C=O) groups excluding carboxylic acids is 1. The second kappa shape index (κ2) is 6.31. The smallest absolute Gasteiger partial charge is 0.222 e. The van der Waals surface area contributed by atoms with Crippen molar-refractivity contribution in [3.05, 3.63) is 30.2 Å². The minimum absolute atomic E-state index is 0.0915. The van der Waals surface area contributed by atoms with Gasteiger partial charge in [0.1, 0.15) is 0 Å². The molecule has 1 amide bonds. The van der Waals surface area contributed by atoms with Gasteiger partial charge in [0.15, 0.2) is 5.82 Å². The Kier molecular flexibility index (Phi) is 4.24. The van der Waals surface area contributed by atoms with Crippen LogP contribution in [0.4, 0.5) is 5.82 Å². The number of hydrogen-bond acceptors (Lipinski definition) is 4. The van der Waals surface area contributed by atoms with E-state index in [1.807, 2.05) is 27.8 Å². The number of rotatable bonds is 5. The molecule has 118 valence electrons. The first-order chi connectivity index (χ1) is 10.7. The highest BCUT2D eigenvalue weighted by Crippen LogP contribution is 2.23. The summed E-state index contributed by atoms with van der Waals surface area (Å²) in [6, 6.07) is 4.29. The fourth-order valence-corrected chi connectivity index (χ4v) is 2.97. The average Bonchev–Trinajstić information content (AvgIpc) is 3.18. The van der Waals surface area contributed by atoms with Crippen molar-refractivity contribution < 1.29 is 4.79 Å². The molecule has 3 rings (SSSR count). The van der Waals surface area contributed by atoms with Crippen molar-refractivity contribution in [2.45, 2.75) is 39.4 Å². The molecule has 1 fully saturated rings. The van der Waals surface area contributed by atoms with E-state index >= 15 is 0 Å². The number of aromatic nitrogens is 4. The minimum Gasteiger partial charge on any atom is -0.309 e. The van der Waals surface area contributed by atoms with Gasteiger partial charge in [-0.05, 0) is 19.4 Å². The zero-order valence-electron chi connectivity index (χ0n) is 13.1. The lowest BCUT2D eigenvalue weighted by Gasteiger charge is -2.16. The molecule has 0 radical (unpaired) electrons. The molecule has 1 N–H and O–H groups in total. The predicted molar refractivity (Wildman–Crippen MR) is 83.4 cm³/mol. The molecule has 0 aromatic carbocycles. The van der Waals surface area contributed by atoms with Crippen LogP contribution < -0.4 is 5.32 Å². The molecular formula is C15H22N6O. The third kappa shape index (κ3) is 3.19. The van der Waals surface area contributed by atoms with Gasteiger partial charge in [0, 0.05) is 51.6 Å². The molecule has 7 nitrogen and oxygen atoms in total. The lowest BCUT2D eigenvalue weighted by Crippen LogP contribution is -2.23. The van der Waals surface area contributed by atoms with E-state index in [2.05, 4.69) is 33.4 Å². The lowest BCUT2D eigenvalue weighted by atomic mass is 10.3. The number of anilines is 1. The van der Waals surface area contributed by atoms with Crippen LogP contribution in [-0.2, 0) is 17.9 Å². The lowest BCUT2D eigenvalue weighted by molar-refractivity contribution is -0.114. The van der Waals surface area contributed by atoms with E-state index in [4.69, 9.17) is 0 Å². The quantitative estimate of drug-likeness (QED) is 0.909. The van der Waals surface area contributed by atoms with Crippen LogP contribution in [0.5, 0.6) is 0 Å². The molecule has 7 heteroatoms. The van der Waals surface area contributed by atoms with Gasteiger partial charge in [-0.2, -0.15) is 10.2 Å². The van der Waals surface area contributed by atoms with E-state index < -0.39 is 0 Å². The van der Waals surface area contributed by atoms with Crippen molar-refractivity contribution in [3.8, 4) is 0 Å². The van der Waals surface area contributed by atoms with E-state index in [9.17, 15) is 4.79 Å². The third-order valence-electron chi connectivity index (χ3n) is 4.02. The van der Waals surface area contributed by atoms with Crippen LogP contribution in [0.1, 0.15) is 32.0 Å². The zero-order valence-corrected chi connectivity index (χ0v) is 13.1. The largest absolute Gasteiger partial charge is 0.309 e. The minimum atomic E-state index is -0.0915. The molecule has 3 heterocycles. The highest BCUT2D eigenvalue weighted by Gasteiger charge is 2.25. The Morgan fingerprint density at radius 2 is 2.32 bits per heavy atom. The fraction of sp³-hybridized carbons (Fsp3) is 0.533. The fourth-order valence-electron chi connectivity index (χ4n) is 2.97. The van der Waals surface area contributed by atoms with Crippen LogP contribution in [0.25, 0.3) is 0 Å². The third-order valence-corrected chi connectivity index (χ3v) is 4.02. The summed E-state index contributed by atoms with van der Waals surface area (Å²) in [6.45, 7) is 7.44. The van der Waals surface area contributed by atoms with Crippen molar-refractivity contribution in [2.24, 2.45) is 0 Å². The van der Waals surface area contributed by atoms with Gasteiger partial charge in [-0.1, -0.05) is 0 Å². The Labute approximate surface area is 129 Å². The Hall–Kier alpha value is -2.15. The molecule has 2 aromatic heterocycles. The number of nitrogens with one attached hydrogen (secondary N) is 1. The first-order valence-corrected chi connectivity index (χ1v) is 7.71. The van der Waals surface area contributed by atoms with Gasteiger partial charge in [-0.15, -0.1) is 0 Å². The Morgan fingerprint density at radius 3 is 3.09 bits per heavy atom. The summed E-state index contributed by atoms with van der Waals surface area (Å²) < 4.78 is 4.00. The van der Waals surface area contributed by atoms with Crippen molar-refractivity contribution in [2.75, 3.05) is 18.4 Å². The van der Waals surface area contributed by atoms with E-state index in [0.717, 1.165) is 32.6 Å². The number of likely N-dealkylation sites (tertiary alicyclic amines) is 1. The van der Waals surface area contributed by atoms with Gasteiger partial charge >= 0.3 is 0 Å². The maximum atomic E-state index is 11.1. The number of hydrogen-bond donors (Lipinski definition) is 1. The van der Waals surface area contributed by atoms with E-state index in [0.29, 0.717) is 11.9 Å². The van der Waals surface area contributed by atoms with Gasteiger partial charge in [-0.3, -0.25) is 19.1 Å². The van der Waals surface area contributed by atoms with Gasteiger partial charge in [0.05, 0.1) is 11.7 Å². The molecule has 1 saturated heterocycles. The van der Waals surface area contributed by atoms with E-state index in [1.54, 1.807) is 0 Å². The number of aryl methyl sites for hydroxylation is 1. The molecule has 0 bridgehead atoms. The molecule has 0 saturated carbocycles. The standard InChI is InChI=1S/C15H22N6O/c1-3-20-13(4-7-16-20)10-19-8-5-14(11-19)21-9-6-15(18-21)17-12(2)22/h4,6-7,9,14H,3,5,8,10-11H2,1-2H3,(H,17,18,22)/t14-/m0/s1. The summed E-state index contributed by atoms with van der Waals surface area (Å²) in [5, 5.41) is 11.5. The van der Waals surface area contributed by atoms with E-state index in [-0.39, 0.29) is 5.91 Å². The maximum absolute atomic E-state index is 11.1. The average molecular weight is 302 g/mol. The monoisotopic (exact) mass is 302 g/mol. The van der Waals surface area contributed by atoms with Crippen molar-refractivity contribution in [1.82, 2.24) is 24.5 Å². The first-order valence-electron chi connectivity index (χ1n) is 7.71. The first kappa shape index (κ1) is 14.8. The maximum Gasteiger partial charge on any atom is 0.222 e. The molecule has 0 unspecified atom stereocenters. The molecule has 0 spiro atoms. The van der Waals surface area contributed by atoms with Gasteiger partial charge in [-0.25, -0.2) is 0 Å². The topological polar surface area (TPSA) is 68.0 Å². The SMILES string of the molecule is CCn1nccc1CN1CC[C@H](n2ccc(NC(C)=O)n2)C1. The molecule has 1 aliphatic rings. The van der Waals surface area contributed by atoms with Crippen LogP contribution in [0.2, 0.25) is 0 Å². The number of carbonyl (C=O) groups is 1. The molecule has 0 aliphatic carbocycles. The van der Waals surface area contributed by atoms with Crippen molar-refractivity contribution in [3.63, 3.8) is 0 Å². The van der Waals surface area contributed by atoms with Gasteiger partial charge < -0.3 is 5.32 Å². The van der Waals surface area contributed by atoms with Crippen molar-refractivity contribution in [1.29, 1.82) is 0 Å². The highest BCUT2D eigenvalue weighted by molar-refractivity contribution is 5.87. The summed E-state index contributed by atoms with van der Waals surface area (Å²) in [5.41, 5.74) is 1.25. The zero-order chi connectivity index (χ0) is 15.5. The summed E-state index contributed by atoms with van der Waals surface area (Å²) in [4.78, 5) is 13.5. The molecule has 22 heavy (non-hydrogen) atoms. The Balaban J connectivity index is 1.60. The van der Waals surface area contributed by atoms with Crippen LogP contribution in [0.15, 0.2) is 24.5 Å². The number of nitrogens with zero attached hydrogens (tertiary/aromatic N) is 5. The molecule has 1 atom stereocenters.